The van der Waals surface area contributed by atoms with Crippen LogP contribution in [0.3, 0.4) is 0 Å². The summed E-state index contributed by atoms with van der Waals surface area (Å²) in [6, 6.07) is 11.8. The predicted octanol–water partition coefficient (Wildman–Crippen LogP) is 1.40. The topological polar surface area (TPSA) is 51.5 Å². The van der Waals surface area contributed by atoms with Gasteiger partial charge in [0.2, 0.25) is 0 Å². The van der Waals surface area contributed by atoms with E-state index < -0.39 is 9.53 Å². The van der Waals surface area contributed by atoms with E-state index in [0.717, 1.165) is 5.56 Å². The molecule has 0 bridgehead atoms. The van der Waals surface area contributed by atoms with Crippen molar-refractivity contribution in [3.8, 4) is 6.07 Å². The summed E-state index contributed by atoms with van der Waals surface area (Å²) in [7, 11) is 3.05. The van der Waals surface area contributed by atoms with Gasteiger partial charge in [-0.15, -0.1) is 0 Å². The van der Waals surface area contributed by atoms with Crippen molar-refractivity contribution in [1.82, 2.24) is 0 Å². The molecule has 0 unspecified atom stereocenters. The lowest BCUT2D eigenvalue weighted by Crippen LogP contribution is -2.21. The van der Waals surface area contributed by atoms with Crippen molar-refractivity contribution >= 4 is 9.53 Å². The molecule has 0 amide bonds. The van der Waals surface area contributed by atoms with Gasteiger partial charge in [-0.2, -0.15) is 5.26 Å². The lowest BCUT2D eigenvalue weighted by Gasteiger charge is -2.05. The SMILES string of the molecule is CO[SiH](OC)OC.N#CCc1ccccc1. The Morgan fingerprint density at radius 1 is 1.06 bits per heavy atom. The molecule has 0 fully saturated rings. The maximum Gasteiger partial charge on any atom is 0.483 e. The minimum Gasteiger partial charge on any atom is -0.379 e. The van der Waals surface area contributed by atoms with Gasteiger partial charge in [-0.3, -0.25) is 0 Å². The van der Waals surface area contributed by atoms with Gasteiger partial charge in [-0.05, 0) is 5.56 Å². The minimum absolute atomic E-state index is 0.515. The first kappa shape index (κ1) is 14.8. The largest absolute Gasteiger partial charge is 0.483 e. The van der Waals surface area contributed by atoms with Gasteiger partial charge >= 0.3 is 9.53 Å². The highest BCUT2D eigenvalue weighted by Crippen LogP contribution is 1.96. The number of hydrogen-bond donors (Lipinski definition) is 0. The summed E-state index contributed by atoms with van der Waals surface area (Å²) in [6.07, 6.45) is 0.515. The van der Waals surface area contributed by atoms with Gasteiger partial charge in [0.05, 0.1) is 12.5 Å². The summed E-state index contributed by atoms with van der Waals surface area (Å²) in [5, 5.41) is 8.27. The highest BCUT2D eigenvalue weighted by molar-refractivity contribution is 6.36. The lowest BCUT2D eigenvalue weighted by atomic mass is 10.2. The van der Waals surface area contributed by atoms with Crippen LogP contribution in [-0.4, -0.2) is 30.9 Å². The van der Waals surface area contributed by atoms with Gasteiger partial charge in [0.25, 0.3) is 0 Å². The van der Waals surface area contributed by atoms with Crippen molar-refractivity contribution in [1.29, 1.82) is 5.26 Å². The van der Waals surface area contributed by atoms with Gasteiger partial charge in [-0.1, -0.05) is 30.3 Å². The van der Waals surface area contributed by atoms with E-state index in [-0.39, 0.29) is 0 Å². The summed E-state index contributed by atoms with van der Waals surface area (Å²) in [5.41, 5.74) is 1.08. The van der Waals surface area contributed by atoms with Crippen molar-refractivity contribution in [2.45, 2.75) is 6.42 Å². The second kappa shape index (κ2) is 10.3. The van der Waals surface area contributed by atoms with E-state index in [9.17, 15) is 0 Å². The smallest absolute Gasteiger partial charge is 0.379 e. The average Bonchev–Trinajstić information content (AvgIpc) is 2.34. The normalized spacial score (nSPS) is 9.19. The predicted molar refractivity (Wildman–Crippen MR) is 63.9 cm³/mol. The van der Waals surface area contributed by atoms with Crippen LogP contribution < -0.4 is 0 Å². The Hall–Kier alpha value is -1.19. The fourth-order valence-electron chi connectivity index (χ4n) is 0.976. The van der Waals surface area contributed by atoms with Crippen LogP contribution in [0.5, 0.6) is 0 Å². The van der Waals surface area contributed by atoms with Crippen molar-refractivity contribution in [2.75, 3.05) is 21.3 Å². The van der Waals surface area contributed by atoms with Gasteiger partial charge < -0.3 is 13.3 Å². The third kappa shape index (κ3) is 7.15. The molecule has 0 atom stereocenters. The molecule has 88 valence electrons. The lowest BCUT2D eigenvalue weighted by molar-refractivity contribution is 0.163. The zero-order chi connectivity index (χ0) is 12.2. The van der Waals surface area contributed by atoms with Gasteiger partial charge in [0.15, 0.2) is 0 Å². The molecule has 0 aromatic heterocycles. The standard InChI is InChI=1S/C8H7N.C3H10O3Si/c9-7-6-8-4-2-1-3-5-8;1-4-7(5-2)6-3/h1-5H,6H2;7H,1-3H3. The summed E-state index contributed by atoms with van der Waals surface area (Å²) < 4.78 is 14.2. The van der Waals surface area contributed by atoms with Gasteiger partial charge in [0, 0.05) is 21.3 Å². The first-order valence-electron chi connectivity index (χ1n) is 4.77. The Balaban J connectivity index is 0.000000293. The van der Waals surface area contributed by atoms with Crippen molar-refractivity contribution in [3.05, 3.63) is 35.9 Å². The molecule has 0 spiro atoms. The minimum atomic E-state index is -1.67. The Labute approximate surface area is 98.3 Å². The molecule has 0 heterocycles. The molecular formula is C11H17NO3Si. The third-order valence-corrected chi connectivity index (χ3v) is 2.86. The molecule has 1 rings (SSSR count). The molecule has 0 N–H and O–H groups in total. The van der Waals surface area contributed by atoms with E-state index in [1.165, 1.54) is 0 Å². The first-order valence-corrected chi connectivity index (χ1v) is 6.19. The average molecular weight is 239 g/mol. The molecule has 0 aliphatic carbocycles. The van der Waals surface area contributed by atoms with E-state index >= 15 is 0 Å². The third-order valence-electron chi connectivity index (χ3n) is 1.70. The Morgan fingerprint density at radius 2 is 1.56 bits per heavy atom. The number of nitriles is 1. The first-order chi connectivity index (χ1) is 7.78. The van der Waals surface area contributed by atoms with Crippen LogP contribution in [0.4, 0.5) is 0 Å². The molecule has 4 nitrogen and oxygen atoms in total. The molecule has 1 aromatic rings. The fourth-order valence-corrected chi connectivity index (χ4v) is 1.55. The molecule has 1 aromatic carbocycles. The maximum atomic E-state index is 8.27. The van der Waals surface area contributed by atoms with Crippen LogP contribution >= 0.6 is 0 Å². The molecule has 0 aliphatic heterocycles. The highest BCUT2D eigenvalue weighted by atomic mass is 28.3. The highest BCUT2D eigenvalue weighted by Gasteiger charge is 2.04. The summed E-state index contributed by atoms with van der Waals surface area (Å²) in [6.45, 7) is 0. The van der Waals surface area contributed by atoms with Gasteiger partial charge in [-0.25, -0.2) is 0 Å². The molecule has 16 heavy (non-hydrogen) atoms. The summed E-state index contributed by atoms with van der Waals surface area (Å²) in [4.78, 5) is 0. The molecule has 0 saturated heterocycles. The zero-order valence-corrected chi connectivity index (χ0v) is 11.0. The van der Waals surface area contributed by atoms with E-state index in [4.69, 9.17) is 18.5 Å². The molecular weight excluding hydrogens is 222 g/mol. The monoisotopic (exact) mass is 239 g/mol. The van der Waals surface area contributed by atoms with Crippen molar-refractivity contribution in [3.63, 3.8) is 0 Å². The Morgan fingerprint density at radius 3 is 1.88 bits per heavy atom. The van der Waals surface area contributed by atoms with Gasteiger partial charge in [0.1, 0.15) is 0 Å². The number of benzene rings is 1. The van der Waals surface area contributed by atoms with Crippen molar-refractivity contribution in [2.24, 2.45) is 0 Å². The van der Waals surface area contributed by atoms with Crippen LogP contribution in [0.25, 0.3) is 0 Å². The summed E-state index contributed by atoms with van der Waals surface area (Å²) >= 11 is 0. The molecule has 0 aliphatic rings. The molecule has 0 saturated carbocycles. The van der Waals surface area contributed by atoms with E-state index in [0.29, 0.717) is 6.42 Å². The second-order valence-corrected chi connectivity index (χ2v) is 4.81. The fraction of sp³-hybridized carbons (Fsp3) is 0.364. The van der Waals surface area contributed by atoms with Crippen LogP contribution in [0.2, 0.25) is 0 Å². The number of rotatable bonds is 4. The van der Waals surface area contributed by atoms with Crippen molar-refractivity contribution < 1.29 is 13.3 Å². The second-order valence-electron chi connectivity index (χ2n) is 2.82. The molecule has 0 radical (unpaired) electrons. The maximum absolute atomic E-state index is 8.27. The molecule has 5 heteroatoms. The zero-order valence-electron chi connectivity index (χ0n) is 9.84. The Kier molecular flexibility index (Phi) is 9.56. The van der Waals surface area contributed by atoms with E-state index in [1.54, 1.807) is 21.3 Å². The van der Waals surface area contributed by atoms with Crippen LogP contribution in [0.15, 0.2) is 30.3 Å². The van der Waals surface area contributed by atoms with Crippen LogP contribution in [0.1, 0.15) is 5.56 Å². The van der Waals surface area contributed by atoms with Crippen LogP contribution in [0, 0.1) is 11.3 Å². The van der Waals surface area contributed by atoms with E-state index in [2.05, 4.69) is 6.07 Å². The number of hydrogen-bond acceptors (Lipinski definition) is 4. The quantitative estimate of drug-likeness (QED) is 0.745. The summed E-state index contributed by atoms with van der Waals surface area (Å²) in [5.74, 6) is 0. The number of nitrogens with zero attached hydrogens (tertiary/aromatic N) is 1. The Bertz CT molecular complexity index is 290. The van der Waals surface area contributed by atoms with Crippen LogP contribution in [-0.2, 0) is 19.7 Å². The van der Waals surface area contributed by atoms with E-state index in [1.807, 2.05) is 30.3 Å².